The summed E-state index contributed by atoms with van der Waals surface area (Å²) in [6, 6.07) is 2.11. The molecule has 0 saturated carbocycles. The van der Waals surface area contributed by atoms with E-state index >= 15 is 0 Å². The molecule has 1 unspecified atom stereocenters. The van der Waals surface area contributed by atoms with Crippen LogP contribution in [0.4, 0.5) is 4.79 Å². The Morgan fingerprint density at radius 2 is 2.19 bits per heavy atom. The van der Waals surface area contributed by atoms with Gasteiger partial charge in [-0.05, 0) is 39.0 Å². The first kappa shape index (κ1) is 17.3. The van der Waals surface area contributed by atoms with Gasteiger partial charge in [-0.3, -0.25) is 4.79 Å². The maximum Gasteiger partial charge on any atom is 0.320 e. The number of nitrogens with zero attached hydrogens (tertiary/aromatic N) is 3. The highest BCUT2D eigenvalue weighted by Gasteiger charge is 2.28. The summed E-state index contributed by atoms with van der Waals surface area (Å²) in [4.78, 5) is 26.7. The van der Waals surface area contributed by atoms with Gasteiger partial charge in [-0.25, -0.2) is 4.79 Å². The average Bonchev–Trinajstić information content (AvgIpc) is 2.45. The van der Waals surface area contributed by atoms with Gasteiger partial charge in [-0.15, -0.1) is 0 Å². The van der Waals surface area contributed by atoms with Gasteiger partial charge in [0.05, 0.1) is 12.5 Å². The molecular weight excluding hydrogens is 270 g/mol. The normalized spacial score (nSPS) is 18.4. The van der Waals surface area contributed by atoms with Gasteiger partial charge in [0.25, 0.3) is 0 Å². The Morgan fingerprint density at radius 3 is 2.76 bits per heavy atom. The third-order valence-corrected chi connectivity index (χ3v) is 3.89. The second kappa shape index (κ2) is 8.50. The maximum absolute atomic E-state index is 12.6. The Morgan fingerprint density at radius 1 is 1.48 bits per heavy atom. The van der Waals surface area contributed by atoms with Gasteiger partial charge in [0.1, 0.15) is 0 Å². The van der Waals surface area contributed by atoms with Crippen LogP contribution in [0.1, 0.15) is 46.0 Å². The van der Waals surface area contributed by atoms with Gasteiger partial charge < -0.3 is 14.9 Å². The van der Waals surface area contributed by atoms with E-state index in [2.05, 4.69) is 6.07 Å². The summed E-state index contributed by atoms with van der Waals surface area (Å²) in [5, 5.41) is 17.5. The number of carboxylic acids is 1. The Labute approximate surface area is 126 Å². The minimum Gasteiger partial charge on any atom is -0.481 e. The van der Waals surface area contributed by atoms with E-state index in [0.717, 1.165) is 19.4 Å². The zero-order chi connectivity index (χ0) is 15.8. The number of carbonyl (C=O) groups excluding carboxylic acids is 1. The zero-order valence-electron chi connectivity index (χ0n) is 12.9. The lowest BCUT2D eigenvalue weighted by Crippen LogP contribution is -2.50. The van der Waals surface area contributed by atoms with Crippen molar-refractivity contribution in [1.29, 1.82) is 5.26 Å². The molecule has 118 valence electrons. The van der Waals surface area contributed by atoms with Crippen molar-refractivity contribution in [2.24, 2.45) is 5.92 Å². The van der Waals surface area contributed by atoms with Crippen LogP contribution in [0, 0.1) is 17.2 Å². The van der Waals surface area contributed by atoms with Crippen molar-refractivity contribution < 1.29 is 14.7 Å². The van der Waals surface area contributed by atoms with Crippen molar-refractivity contribution in [3.8, 4) is 6.07 Å². The summed E-state index contributed by atoms with van der Waals surface area (Å²) in [5.41, 5.74) is 0. The van der Waals surface area contributed by atoms with Crippen molar-refractivity contribution in [2.45, 2.75) is 52.0 Å². The number of hydrogen-bond donors (Lipinski definition) is 1. The van der Waals surface area contributed by atoms with E-state index in [1.165, 1.54) is 0 Å². The Balaban J connectivity index is 2.58. The molecule has 1 saturated heterocycles. The number of piperidine rings is 1. The van der Waals surface area contributed by atoms with Crippen molar-refractivity contribution in [1.82, 2.24) is 9.80 Å². The zero-order valence-corrected chi connectivity index (χ0v) is 12.9. The van der Waals surface area contributed by atoms with Crippen LogP contribution in [0.25, 0.3) is 0 Å². The van der Waals surface area contributed by atoms with Crippen molar-refractivity contribution in [3.63, 3.8) is 0 Å². The summed E-state index contributed by atoms with van der Waals surface area (Å²) in [5.74, 6) is -0.514. The van der Waals surface area contributed by atoms with E-state index in [4.69, 9.17) is 10.4 Å². The minimum atomic E-state index is -0.781. The average molecular weight is 295 g/mol. The predicted molar refractivity (Wildman–Crippen MR) is 78.6 cm³/mol. The Bertz CT molecular complexity index is 403. The van der Waals surface area contributed by atoms with E-state index in [-0.39, 0.29) is 24.4 Å². The highest BCUT2D eigenvalue weighted by Crippen LogP contribution is 2.22. The first-order valence-corrected chi connectivity index (χ1v) is 7.60. The monoisotopic (exact) mass is 295 g/mol. The number of carboxylic acid groups (broad SMARTS) is 1. The fourth-order valence-corrected chi connectivity index (χ4v) is 2.73. The lowest BCUT2D eigenvalue weighted by Gasteiger charge is -2.37. The molecule has 0 aromatic carbocycles. The van der Waals surface area contributed by atoms with E-state index < -0.39 is 5.97 Å². The smallest absolute Gasteiger partial charge is 0.320 e. The van der Waals surface area contributed by atoms with Gasteiger partial charge in [0, 0.05) is 32.1 Å². The van der Waals surface area contributed by atoms with Crippen LogP contribution in [0.3, 0.4) is 0 Å². The number of amides is 2. The first-order chi connectivity index (χ1) is 9.95. The summed E-state index contributed by atoms with van der Waals surface area (Å²) in [6.07, 6.45) is 3.02. The molecule has 0 aromatic rings. The molecule has 0 spiro atoms. The third-order valence-electron chi connectivity index (χ3n) is 3.89. The van der Waals surface area contributed by atoms with Crippen LogP contribution in [0.2, 0.25) is 0 Å². The molecule has 1 aliphatic heterocycles. The minimum absolute atomic E-state index is 0.0275. The number of carbonyl (C=O) groups is 2. The number of rotatable bonds is 6. The van der Waals surface area contributed by atoms with Crippen LogP contribution in [0.5, 0.6) is 0 Å². The molecule has 0 radical (unpaired) electrons. The summed E-state index contributed by atoms with van der Waals surface area (Å²) in [7, 11) is 0. The van der Waals surface area contributed by atoms with Crippen molar-refractivity contribution >= 4 is 12.0 Å². The predicted octanol–water partition coefficient (Wildman–Crippen LogP) is 2.31. The molecule has 1 N–H and O–H groups in total. The number of likely N-dealkylation sites (tertiary alicyclic amines) is 1. The Hall–Kier alpha value is -1.77. The van der Waals surface area contributed by atoms with Crippen LogP contribution >= 0.6 is 0 Å². The van der Waals surface area contributed by atoms with Crippen LogP contribution in [-0.2, 0) is 4.79 Å². The molecule has 1 heterocycles. The van der Waals surface area contributed by atoms with Gasteiger partial charge in [-0.2, -0.15) is 5.26 Å². The van der Waals surface area contributed by atoms with Gasteiger partial charge >= 0.3 is 12.0 Å². The van der Waals surface area contributed by atoms with Crippen molar-refractivity contribution in [2.75, 3.05) is 19.6 Å². The molecule has 21 heavy (non-hydrogen) atoms. The standard InChI is InChI=1S/C15H25N3O3/c1-12(2)18(10-4-8-16)15(21)17-9-3-5-13(11-17)6-7-14(19)20/h12-13H,3-7,9-11H2,1-2H3,(H,19,20). The van der Waals surface area contributed by atoms with E-state index in [0.29, 0.717) is 25.9 Å². The third kappa shape index (κ3) is 5.62. The van der Waals surface area contributed by atoms with E-state index in [1.807, 2.05) is 18.7 Å². The second-order valence-electron chi connectivity index (χ2n) is 5.86. The number of aliphatic carboxylic acids is 1. The summed E-state index contributed by atoms with van der Waals surface area (Å²) >= 11 is 0. The lowest BCUT2D eigenvalue weighted by molar-refractivity contribution is -0.137. The molecule has 0 aliphatic carbocycles. The number of urea groups is 1. The summed E-state index contributed by atoms with van der Waals surface area (Å²) < 4.78 is 0. The summed E-state index contributed by atoms with van der Waals surface area (Å²) in [6.45, 7) is 5.69. The molecule has 0 bridgehead atoms. The number of nitriles is 1. The lowest BCUT2D eigenvalue weighted by atomic mass is 9.93. The molecule has 1 fully saturated rings. The van der Waals surface area contributed by atoms with Crippen LogP contribution in [0.15, 0.2) is 0 Å². The fraction of sp³-hybridized carbons (Fsp3) is 0.800. The maximum atomic E-state index is 12.6. The highest BCUT2D eigenvalue weighted by atomic mass is 16.4. The molecule has 1 aliphatic rings. The first-order valence-electron chi connectivity index (χ1n) is 7.60. The largest absolute Gasteiger partial charge is 0.481 e. The van der Waals surface area contributed by atoms with E-state index in [9.17, 15) is 9.59 Å². The van der Waals surface area contributed by atoms with Crippen LogP contribution < -0.4 is 0 Å². The molecule has 1 rings (SSSR count). The molecule has 6 nitrogen and oxygen atoms in total. The molecule has 0 aromatic heterocycles. The number of hydrogen-bond acceptors (Lipinski definition) is 3. The van der Waals surface area contributed by atoms with Gasteiger partial charge in [-0.1, -0.05) is 0 Å². The topological polar surface area (TPSA) is 84.6 Å². The second-order valence-corrected chi connectivity index (χ2v) is 5.86. The quantitative estimate of drug-likeness (QED) is 0.815. The molecular formula is C15H25N3O3. The van der Waals surface area contributed by atoms with Crippen LogP contribution in [-0.4, -0.2) is 52.6 Å². The molecule has 2 amide bonds. The fourth-order valence-electron chi connectivity index (χ4n) is 2.73. The molecule has 6 heteroatoms. The molecule has 1 atom stereocenters. The SMILES string of the molecule is CC(C)N(CCC#N)C(=O)N1CCCC(CCC(=O)O)C1. The van der Waals surface area contributed by atoms with Gasteiger partial charge in [0.2, 0.25) is 0 Å². The highest BCUT2D eigenvalue weighted by molar-refractivity contribution is 5.75. The van der Waals surface area contributed by atoms with Crippen molar-refractivity contribution in [3.05, 3.63) is 0 Å². The van der Waals surface area contributed by atoms with Gasteiger partial charge in [0.15, 0.2) is 0 Å². The van der Waals surface area contributed by atoms with E-state index in [1.54, 1.807) is 4.90 Å². The Kier molecular flexibility index (Phi) is 7.00.